The highest BCUT2D eigenvalue weighted by atomic mass is 16.4. The molecule has 0 unspecified atom stereocenters. The van der Waals surface area contributed by atoms with Crippen molar-refractivity contribution in [3.05, 3.63) is 11.8 Å². The van der Waals surface area contributed by atoms with E-state index in [0.29, 0.717) is 37.2 Å². The number of nitrogens with zero attached hydrogens (tertiary/aromatic N) is 4. The first kappa shape index (κ1) is 17.8. The normalized spacial score (nSPS) is 25.6. The SMILES string of the molecule is CC(C)Cc1nnc([C@@H](C)N2CC[C@@]3(C2)NC(=O)N(C(C)C)C3=O)o1. The lowest BCUT2D eigenvalue weighted by Gasteiger charge is -2.25. The molecule has 3 rings (SSSR count). The van der Waals surface area contributed by atoms with E-state index < -0.39 is 5.54 Å². The molecule has 2 aliphatic rings. The Morgan fingerprint density at radius 1 is 1.20 bits per heavy atom. The molecule has 0 saturated carbocycles. The zero-order valence-electron chi connectivity index (χ0n) is 15.6. The highest BCUT2D eigenvalue weighted by molar-refractivity contribution is 6.07. The van der Waals surface area contributed by atoms with Crippen molar-refractivity contribution in [3.8, 4) is 0 Å². The van der Waals surface area contributed by atoms with Gasteiger partial charge in [-0.3, -0.25) is 14.6 Å². The molecular weight excluding hydrogens is 322 g/mol. The van der Waals surface area contributed by atoms with Crippen molar-refractivity contribution in [2.45, 2.75) is 65.1 Å². The van der Waals surface area contributed by atoms with Crippen molar-refractivity contribution < 1.29 is 14.0 Å². The number of rotatable bonds is 5. The van der Waals surface area contributed by atoms with Crippen LogP contribution in [0.4, 0.5) is 4.79 Å². The van der Waals surface area contributed by atoms with Crippen LogP contribution in [0.1, 0.15) is 58.9 Å². The Morgan fingerprint density at radius 2 is 1.92 bits per heavy atom. The van der Waals surface area contributed by atoms with Gasteiger partial charge in [0, 0.05) is 25.6 Å². The molecule has 8 heteroatoms. The fourth-order valence-electron chi connectivity index (χ4n) is 3.58. The second-order valence-electron chi connectivity index (χ2n) is 7.81. The van der Waals surface area contributed by atoms with E-state index >= 15 is 0 Å². The van der Waals surface area contributed by atoms with Crippen LogP contribution in [-0.2, 0) is 11.2 Å². The first-order valence-corrected chi connectivity index (χ1v) is 8.95. The molecule has 25 heavy (non-hydrogen) atoms. The number of carbonyl (C=O) groups excluding carboxylic acids is 2. The van der Waals surface area contributed by atoms with Gasteiger partial charge in [-0.05, 0) is 33.1 Å². The van der Waals surface area contributed by atoms with Crippen LogP contribution in [-0.4, -0.2) is 56.6 Å². The molecule has 0 aliphatic carbocycles. The summed E-state index contributed by atoms with van der Waals surface area (Å²) in [4.78, 5) is 28.4. The summed E-state index contributed by atoms with van der Waals surface area (Å²) < 4.78 is 5.78. The summed E-state index contributed by atoms with van der Waals surface area (Å²) in [7, 11) is 0. The Balaban J connectivity index is 1.71. The molecule has 2 fully saturated rings. The van der Waals surface area contributed by atoms with E-state index in [9.17, 15) is 9.59 Å². The molecule has 0 bridgehead atoms. The monoisotopic (exact) mass is 349 g/mol. The molecule has 8 nitrogen and oxygen atoms in total. The van der Waals surface area contributed by atoms with Gasteiger partial charge < -0.3 is 9.73 Å². The van der Waals surface area contributed by atoms with Crippen molar-refractivity contribution in [2.24, 2.45) is 5.92 Å². The molecule has 0 radical (unpaired) electrons. The van der Waals surface area contributed by atoms with Gasteiger partial charge in [0.1, 0.15) is 5.54 Å². The molecule has 1 N–H and O–H groups in total. The van der Waals surface area contributed by atoms with Crippen LogP contribution in [0.15, 0.2) is 4.42 Å². The molecule has 1 aromatic rings. The summed E-state index contributed by atoms with van der Waals surface area (Å²) >= 11 is 0. The van der Waals surface area contributed by atoms with E-state index in [0.717, 1.165) is 6.42 Å². The number of imide groups is 1. The summed E-state index contributed by atoms with van der Waals surface area (Å²) in [5.41, 5.74) is -0.823. The molecule has 3 amide bonds. The van der Waals surface area contributed by atoms with Crippen LogP contribution in [0, 0.1) is 5.92 Å². The molecule has 138 valence electrons. The van der Waals surface area contributed by atoms with Crippen LogP contribution in [0.25, 0.3) is 0 Å². The summed E-state index contributed by atoms with van der Waals surface area (Å²) in [5.74, 6) is 1.52. The predicted molar refractivity (Wildman–Crippen MR) is 90.7 cm³/mol. The average Bonchev–Trinajstić information content (AvgIpc) is 3.18. The Hall–Kier alpha value is -1.96. The lowest BCUT2D eigenvalue weighted by molar-refractivity contribution is -0.132. The smallest absolute Gasteiger partial charge is 0.325 e. The molecule has 3 heterocycles. The summed E-state index contributed by atoms with van der Waals surface area (Å²) in [6.07, 6.45) is 1.35. The topological polar surface area (TPSA) is 91.6 Å². The second-order valence-corrected chi connectivity index (χ2v) is 7.81. The minimum Gasteiger partial charge on any atom is -0.424 e. The van der Waals surface area contributed by atoms with Gasteiger partial charge in [-0.1, -0.05) is 13.8 Å². The quantitative estimate of drug-likeness (QED) is 0.814. The van der Waals surface area contributed by atoms with E-state index in [-0.39, 0.29) is 24.0 Å². The van der Waals surface area contributed by atoms with Gasteiger partial charge in [-0.2, -0.15) is 0 Å². The van der Waals surface area contributed by atoms with Gasteiger partial charge in [0.15, 0.2) is 0 Å². The third kappa shape index (κ3) is 3.15. The maximum absolute atomic E-state index is 12.8. The molecule has 0 aromatic carbocycles. The fourth-order valence-corrected chi connectivity index (χ4v) is 3.58. The van der Waals surface area contributed by atoms with Gasteiger partial charge >= 0.3 is 6.03 Å². The fraction of sp³-hybridized carbons (Fsp3) is 0.765. The lowest BCUT2D eigenvalue weighted by atomic mass is 9.98. The van der Waals surface area contributed by atoms with Crippen LogP contribution in [0.5, 0.6) is 0 Å². The highest BCUT2D eigenvalue weighted by Gasteiger charge is 2.56. The van der Waals surface area contributed by atoms with Crippen molar-refractivity contribution in [1.82, 2.24) is 25.3 Å². The third-order valence-corrected chi connectivity index (χ3v) is 4.98. The molecular formula is C17H27N5O3. The third-order valence-electron chi connectivity index (χ3n) is 4.98. The molecule has 1 spiro atoms. The number of urea groups is 1. The summed E-state index contributed by atoms with van der Waals surface area (Å²) in [6, 6.07) is -0.537. The molecule has 2 saturated heterocycles. The van der Waals surface area contributed by atoms with Crippen molar-refractivity contribution in [3.63, 3.8) is 0 Å². The van der Waals surface area contributed by atoms with Gasteiger partial charge in [-0.15, -0.1) is 10.2 Å². The number of amides is 3. The van der Waals surface area contributed by atoms with E-state index in [1.165, 1.54) is 4.90 Å². The van der Waals surface area contributed by atoms with Crippen LogP contribution in [0.2, 0.25) is 0 Å². The number of hydrogen-bond donors (Lipinski definition) is 1. The van der Waals surface area contributed by atoms with Gasteiger partial charge in [-0.25, -0.2) is 4.79 Å². The van der Waals surface area contributed by atoms with Crippen LogP contribution in [0.3, 0.4) is 0 Å². The standard InChI is InChI=1S/C17H27N5O3/c1-10(2)8-13-19-20-14(25-13)12(5)21-7-6-17(9-21)15(23)22(11(3)4)16(24)18-17/h10-12H,6-9H2,1-5H3,(H,18,24)/t12-,17+/m1/s1. The minimum absolute atomic E-state index is 0.0920. The zero-order chi connectivity index (χ0) is 18.4. The first-order chi connectivity index (χ1) is 11.7. The maximum atomic E-state index is 12.8. The maximum Gasteiger partial charge on any atom is 0.325 e. The number of hydrogen-bond acceptors (Lipinski definition) is 6. The predicted octanol–water partition coefficient (Wildman–Crippen LogP) is 1.73. The summed E-state index contributed by atoms with van der Waals surface area (Å²) in [6.45, 7) is 11.1. The number of likely N-dealkylation sites (tertiary alicyclic amines) is 1. The minimum atomic E-state index is -0.823. The van der Waals surface area contributed by atoms with E-state index in [4.69, 9.17) is 4.42 Å². The Bertz CT molecular complexity index is 671. The molecule has 2 aliphatic heterocycles. The van der Waals surface area contributed by atoms with E-state index in [1.807, 2.05) is 20.8 Å². The van der Waals surface area contributed by atoms with Crippen LogP contribution < -0.4 is 5.32 Å². The lowest BCUT2D eigenvalue weighted by Crippen LogP contribution is -2.49. The van der Waals surface area contributed by atoms with Crippen molar-refractivity contribution in [2.75, 3.05) is 13.1 Å². The Labute approximate surface area is 147 Å². The summed E-state index contributed by atoms with van der Waals surface area (Å²) in [5, 5.41) is 11.2. The largest absolute Gasteiger partial charge is 0.424 e. The second kappa shape index (κ2) is 6.40. The van der Waals surface area contributed by atoms with E-state index in [2.05, 4.69) is 34.3 Å². The van der Waals surface area contributed by atoms with Gasteiger partial charge in [0.05, 0.1) is 6.04 Å². The van der Waals surface area contributed by atoms with Crippen molar-refractivity contribution >= 4 is 11.9 Å². The van der Waals surface area contributed by atoms with Gasteiger partial charge in [0.2, 0.25) is 11.8 Å². The number of carbonyl (C=O) groups is 2. The zero-order valence-corrected chi connectivity index (χ0v) is 15.6. The molecule has 2 atom stereocenters. The van der Waals surface area contributed by atoms with E-state index in [1.54, 1.807) is 0 Å². The average molecular weight is 349 g/mol. The Morgan fingerprint density at radius 3 is 2.52 bits per heavy atom. The Kier molecular flexibility index (Phi) is 4.57. The highest BCUT2D eigenvalue weighted by Crippen LogP contribution is 2.34. The van der Waals surface area contributed by atoms with Gasteiger partial charge in [0.25, 0.3) is 5.91 Å². The van der Waals surface area contributed by atoms with Crippen molar-refractivity contribution in [1.29, 1.82) is 0 Å². The van der Waals surface area contributed by atoms with Crippen LogP contribution >= 0.6 is 0 Å². The first-order valence-electron chi connectivity index (χ1n) is 8.95. The number of aromatic nitrogens is 2. The molecule has 1 aromatic heterocycles. The number of nitrogens with one attached hydrogen (secondary N) is 1.